The van der Waals surface area contributed by atoms with Crippen molar-refractivity contribution in [3.05, 3.63) is 194 Å². The first-order valence-electron chi connectivity index (χ1n) is 19.2. The molecule has 56 heavy (non-hydrogen) atoms. The summed E-state index contributed by atoms with van der Waals surface area (Å²) in [7, 11) is 0. The summed E-state index contributed by atoms with van der Waals surface area (Å²) in [6, 6.07) is 72.1. The van der Waals surface area contributed by atoms with Gasteiger partial charge in [0.1, 0.15) is 0 Å². The van der Waals surface area contributed by atoms with Gasteiger partial charge in [-0.2, -0.15) is 0 Å². The fraction of sp³-hybridized carbons (Fsp3) is 0. The van der Waals surface area contributed by atoms with Gasteiger partial charge in [-0.1, -0.05) is 158 Å². The van der Waals surface area contributed by atoms with Crippen LogP contribution in [0.1, 0.15) is 0 Å². The third-order valence-electron chi connectivity index (χ3n) is 11.7. The van der Waals surface area contributed by atoms with Crippen LogP contribution in [0.25, 0.3) is 117 Å². The minimum absolute atomic E-state index is 1.23. The molecule has 0 atom stereocenters. The Labute approximate surface area is 332 Å². The van der Waals surface area contributed by atoms with Crippen molar-refractivity contribution in [1.29, 1.82) is 0 Å². The molecule has 12 aromatic rings. The Kier molecular flexibility index (Phi) is 7.07. The van der Waals surface area contributed by atoms with Crippen LogP contribution in [0.2, 0.25) is 0 Å². The molecule has 0 nitrogen and oxygen atoms in total. The van der Waals surface area contributed by atoms with E-state index >= 15 is 0 Å². The van der Waals surface area contributed by atoms with E-state index in [4.69, 9.17) is 0 Å². The van der Waals surface area contributed by atoms with Gasteiger partial charge in [-0.05, 0) is 113 Å². The Bertz CT molecular complexity index is 3290. The van der Waals surface area contributed by atoms with Crippen LogP contribution >= 0.6 is 22.7 Å². The third-order valence-corrected chi connectivity index (χ3v) is 14.1. The highest BCUT2D eigenvalue weighted by atomic mass is 32.1. The molecule has 0 radical (unpaired) electrons. The van der Waals surface area contributed by atoms with Crippen molar-refractivity contribution in [2.75, 3.05) is 0 Å². The predicted molar refractivity (Wildman–Crippen MR) is 246 cm³/mol. The third kappa shape index (κ3) is 4.90. The summed E-state index contributed by atoms with van der Waals surface area (Å²) < 4.78 is 5.37. The first-order valence-corrected chi connectivity index (χ1v) is 20.8. The maximum atomic E-state index is 2.40. The number of rotatable bonds is 4. The van der Waals surface area contributed by atoms with Crippen LogP contribution in [-0.4, -0.2) is 0 Å². The van der Waals surface area contributed by atoms with Gasteiger partial charge in [0.25, 0.3) is 0 Å². The number of thiophene rings is 2. The summed E-state index contributed by atoms with van der Waals surface area (Å²) in [6.07, 6.45) is 0. The molecule has 0 saturated heterocycles. The van der Waals surface area contributed by atoms with Crippen LogP contribution in [0.15, 0.2) is 194 Å². The SMILES string of the molecule is c1cc(-c2ccc3c4ccc(-c5cccc(-c6cccc7c6sc6ccccc67)c5)cc4c4ccccc4c3c2)cc(-c2cccc3c2sc2ccccc23)c1. The van der Waals surface area contributed by atoms with Crippen molar-refractivity contribution in [2.24, 2.45) is 0 Å². The molecular formula is C54H32S2. The lowest BCUT2D eigenvalue weighted by Crippen LogP contribution is -1.87. The van der Waals surface area contributed by atoms with Gasteiger partial charge in [-0.3, -0.25) is 0 Å². The van der Waals surface area contributed by atoms with E-state index in [0.29, 0.717) is 0 Å². The summed E-state index contributed by atoms with van der Waals surface area (Å²) in [4.78, 5) is 0. The van der Waals surface area contributed by atoms with Crippen molar-refractivity contribution in [2.45, 2.75) is 0 Å². The van der Waals surface area contributed by atoms with Gasteiger partial charge in [-0.25, -0.2) is 0 Å². The van der Waals surface area contributed by atoms with E-state index in [1.807, 2.05) is 22.7 Å². The second kappa shape index (κ2) is 12.5. The second-order valence-electron chi connectivity index (χ2n) is 14.8. The summed E-state index contributed by atoms with van der Waals surface area (Å²) in [6.45, 7) is 0. The summed E-state index contributed by atoms with van der Waals surface area (Å²) >= 11 is 3.78. The molecule has 0 fully saturated rings. The smallest absolute Gasteiger partial charge is 0.0433 e. The van der Waals surface area contributed by atoms with Crippen molar-refractivity contribution in [3.63, 3.8) is 0 Å². The van der Waals surface area contributed by atoms with Gasteiger partial charge in [0.2, 0.25) is 0 Å². The lowest BCUT2D eigenvalue weighted by Gasteiger charge is -2.14. The molecule has 0 aliphatic carbocycles. The van der Waals surface area contributed by atoms with Gasteiger partial charge in [0.15, 0.2) is 0 Å². The van der Waals surface area contributed by atoms with Crippen molar-refractivity contribution in [3.8, 4) is 44.5 Å². The molecule has 0 spiro atoms. The van der Waals surface area contributed by atoms with E-state index in [-0.39, 0.29) is 0 Å². The van der Waals surface area contributed by atoms with Crippen LogP contribution in [0.3, 0.4) is 0 Å². The zero-order chi connectivity index (χ0) is 36.7. The molecule has 0 aliphatic rings. The molecule has 260 valence electrons. The molecule has 2 heteroatoms. The monoisotopic (exact) mass is 744 g/mol. The van der Waals surface area contributed by atoms with Gasteiger partial charge in [-0.15, -0.1) is 22.7 Å². The molecule has 10 aromatic carbocycles. The molecule has 0 N–H and O–H groups in total. The van der Waals surface area contributed by atoms with Crippen LogP contribution in [0.4, 0.5) is 0 Å². The molecule has 0 aliphatic heterocycles. The van der Waals surface area contributed by atoms with Crippen molar-refractivity contribution in [1.82, 2.24) is 0 Å². The van der Waals surface area contributed by atoms with E-state index in [2.05, 4.69) is 194 Å². The molecule has 0 unspecified atom stereocenters. The lowest BCUT2D eigenvalue weighted by molar-refractivity contribution is 1.63. The Morgan fingerprint density at radius 2 is 0.571 bits per heavy atom. The first-order chi connectivity index (χ1) is 27.7. The van der Waals surface area contributed by atoms with Crippen LogP contribution in [0, 0.1) is 0 Å². The van der Waals surface area contributed by atoms with Crippen LogP contribution < -0.4 is 0 Å². The second-order valence-corrected chi connectivity index (χ2v) is 16.9. The largest absolute Gasteiger partial charge is 0.135 e. The van der Waals surface area contributed by atoms with E-state index in [1.54, 1.807) is 0 Å². The Balaban J connectivity index is 0.968. The average molecular weight is 745 g/mol. The molecule has 0 amide bonds. The van der Waals surface area contributed by atoms with E-state index in [0.717, 1.165) is 0 Å². The van der Waals surface area contributed by atoms with Gasteiger partial charge < -0.3 is 0 Å². The lowest BCUT2D eigenvalue weighted by atomic mass is 9.89. The molecule has 12 rings (SSSR count). The quantitative estimate of drug-likeness (QED) is 0.157. The van der Waals surface area contributed by atoms with E-state index in [1.165, 1.54) is 117 Å². The minimum atomic E-state index is 1.23. The molecule has 2 aromatic heterocycles. The van der Waals surface area contributed by atoms with Crippen LogP contribution in [-0.2, 0) is 0 Å². The van der Waals surface area contributed by atoms with E-state index in [9.17, 15) is 0 Å². The van der Waals surface area contributed by atoms with Gasteiger partial charge >= 0.3 is 0 Å². The maximum absolute atomic E-state index is 2.40. The fourth-order valence-corrected chi connectivity index (χ4v) is 11.5. The van der Waals surface area contributed by atoms with Gasteiger partial charge in [0, 0.05) is 40.3 Å². The summed E-state index contributed by atoms with van der Waals surface area (Å²) in [5.74, 6) is 0. The Morgan fingerprint density at radius 1 is 0.214 bits per heavy atom. The Hall–Kier alpha value is -6.58. The van der Waals surface area contributed by atoms with Gasteiger partial charge in [0.05, 0.1) is 0 Å². The molecule has 2 heterocycles. The highest BCUT2D eigenvalue weighted by molar-refractivity contribution is 7.26. The van der Waals surface area contributed by atoms with Crippen molar-refractivity contribution >= 4 is 95.3 Å². The molecule has 0 saturated carbocycles. The van der Waals surface area contributed by atoms with E-state index < -0.39 is 0 Å². The van der Waals surface area contributed by atoms with Crippen molar-refractivity contribution < 1.29 is 0 Å². The van der Waals surface area contributed by atoms with Crippen LogP contribution in [0.5, 0.6) is 0 Å². The number of fused-ring (bicyclic) bond motifs is 12. The normalized spacial score (nSPS) is 11.9. The summed E-state index contributed by atoms with van der Waals surface area (Å²) in [5, 5.41) is 13.0. The zero-order valence-corrected chi connectivity index (χ0v) is 31.9. The summed E-state index contributed by atoms with van der Waals surface area (Å²) in [5.41, 5.74) is 10.0. The molecule has 0 bridgehead atoms. The Morgan fingerprint density at radius 3 is 1.05 bits per heavy atom. The zero-order valence-electron chi connectivity index (χ0n) is 30.3. The highest BCUT2D eigenvalue weighted by Gasteiger charge is 2.15. The standard InChI is InChI=1S/C54H32S2/c1-2-16-42-41(15-1)49-31-35(33-11-7-13-37(29-33)39-19-9-21-47-45-17-3-5-23-51(45)55-53(39)47)25-27-43(49)44-28-26-36(32-50(42)44)34-12-8-14-38(30-34)40-20-10-22-48-46-18-4-6-24-52(46)56-54(40)48/h1-32H. The number of hydrogen-bond donors (Lipinski definition) is 0. The topological polar surface area (TPSA) is 0 Å². The predicted octanol–water partition coefficient (Wildman–Crippen LogP) is 16.5. The minimum Gasteiger partial charge on any atom is -0.135 e. The molecular weight excluding hydrogens is 713 g/mol. The number of benzene rings is 10. The fourth-order valence-electron chi connectivity index (χ4n) is 9.00. The number of hydrogen-bond acceptors (Lipinski definition) is 2. The first kappa shape index (κ1) is 31.7. The average Bonchev–Trinajstić information content (AvgIpc) is 3.85. The maximum Gasteiger partial charge on any atom is 0.0433 e. The highest BCUT2D eigenvalue weighted by Crippen LogP contribution is 2.44.